The van der Waals surface area contributed by atoms with Gasteiger partial charge in [-0.05, 0) is 67.2 Å². The van der Waals surface area contributed by atoms with Crippen molar-refractivity contribution < 1.29 is 20.1 Å². The molecule has 235 valence electrons. The molecular formula is C43H42IrN2-2. The van der Waals surface area contributed by atoms with Gasteiger partial charge in [-0.2, -0.15) is 0 Å². The Bertz CT molecular complexity index is 1940. The Morgan fingerprint density at radius 1 is 0.609 bits per heavy atom. The van der Waals surface area contributed by atoms with Gasteiger partial charge in [-0.3, -0.25) is 0 Å². The van der Waals surface area contributed by atoms with E-state index in [0.717, 1.165) is 22.5 Å². The van der Waals surface area contributed by atoms with Crippen molar-refractivity contribution in [3.8, 4) is 33.6 Å². The van der Waals surface area contributed by atoms with Crippen LogP contribution in [-0.2, 0) is 36.4 Å². The zero-order chi connectivity index (χ0) is 32.0. The summed E-state index contributed by atoms with van der Waals surface area (Å²) in [6.45, 7) is 18.0. The molecule has 0 amide bonds. The van der Waals surface area contributed by atoms with Crippen molar-refractivity contribution in [2.45, 2.75) is 71.6 Å². The van der Waals surface area contributed by atoms with Crippen LogP contribution in [0.5, 0.6) is 0 Å². The van der Waals surface area contributed by atoms with Crippen LogP contribution in [0, 0.1) is 12.1 Å². The fraction of sp³-hybridized carbons (Fsp3) is 0.256. The second-order valence-electron chi connectivity index (χ2n) is 14.6. The zero-order valence-electron chi connectivity index (χ0n) is 28.1. The fourth-order valence-electron chi connectivity index (χ4n) is 6.33. The van der Waals surface area contributed by atoms with Crippen LogP contribution in [0.3, 0.4) is 0 Å². The largest absolute Gasteiger partial charge is 0.305 e. The molecule has 2 aromatic heterocycles. The predicted octanol–water partition coefficient (Wildman–Crippen LogP) is 11.1. The predicted molar refractivity (Wildman–Crippen MR) is 189 cm³/mol. The minimum absolute atomic E-state index is 0. The molecule has 0 saturated carbocycles. The van der Waals surface area contributed by atoms with Crippen molar-refractivity contribution in [2.75, 3.05) is 0 Å². The Morgan fingerprint density at radius 2 is 1.28 bits per heavy atom. The minimum Gasteiger partial charge on any atom is -0.305 e. The molecule has 46 heavy (non-hydrogen) atoms. The number of rotatable bonds is 2. The summed E-state index contributed by atoms with van der Waals surface area (Å²) >= 11 is 0. The Hall–Kier alpha value is -3.91. The van der Waals surface area contributed by atoms with Crippen LogP contribution in [-0.4, -0.2) is 9.97 Å². The average molecular weight is 779 g/mol. The molecule has 7 rings (SSSR count). The van der Waals surface area contributed by atoms with E-state index in [-0.39, 0.29) is 36.4 Å². The first-order valence-electron chi connectivity index (χ1n) is 15.8. The van der Waals surface area contributed by atoms with Gasteiger partial charge in [0, 0.05) is 32.5 Å². The number of hydrogen-bond donors (Lipinski definition) is 0. The first-order valence-corrected chi connectivity index (χ1v) is 15.8. The third-order valence-electron chi connectivity index (χ3n) is 8.98. The molecule has 0 unspecified atom stereocenters. The normalized spacial score (nSPS) is 13.2. The first-order chi connectivity index (χ1) is 21.3. The van der Waals surface area contributed by atoms with E-state index in [1.165, 1.54) is 44.2 Å². The summed E-state index contributed by atoms with van der Waals surface area (Å²) in [6, 6.07) is 41.0. The van der Waals surface area contributed by atoms with Crippen LogP contribution in [0.1, 0.15) is 77.6 Å². The molecule has 0 fully saturated rings. The van der Waals surface area contributed by atoms with Crippen LogP contribution in [0.15, 0.2) is 109 Å². The smallest absolute Gasteiger partial charge is 0.0163 e. The van der Waals surface area contributed by atoms with Crippen molar-refractivity contribution in [1.82, 2.24) is 9.97 Å². The Labute approximate surface area is 288 Å². The summed E-state index contributed by atoms with van der Waals surface area (Å²) in [5.41, 5.74) is 12.4. The van der Waals surface area contributed by atoms with Gasteiger partial charge >= 0.3 is 0 Å². The fourth-order valence-corrected chi connectivity index (χ4v) is 6.33. The van der Waals surface area contributed by atoms with Gasteiger partial charge in [0.15, 0.2) is 0 Å². The molecular weight excluding hydrogens is 737 g/mol. The van der Waals surface area contributed by atoms with Crippen LogP contribution >= 0.6 is 0 Å². The summed E-state index contributed by atoms with van der Waals surface area (Å²) < 4.78 is 0. The molecule has 2 heterocycles. The van der Waals surface area contributed by atoms with E-state index in [9.17, 15) is 0 Å². The molecule has 1 aliphatic rings. The first kappa shape index (κ1) is 33.5. The SMILES string of the molecule is CC(C)(C)c1cc[c-]c(-c2cc(C(C)(C)C)ccn2)c1.CC1(C)c2c[c-]c(-c3ccccn3)cc2-c2ccc3ccccc3c21.[Ir]. The van der Waals surface area contributed by atoms with Gasteiger partial charge in [0.2, 0.25) is 0 Å². The second-order valence-corrected chi connectivity index (χ2v) is 14.6. The van der Waals surface area contributed by atoms with Crippen molar-refractivity contribution in [1.29, 1.82) is 0 Å². The molecule has 1 radical (unpaired) electrons. The maximum atomic E-state index is 4.52. The van der Waals surface area contributed by atoms with Crippen molar-refractivity contribution in [3.05, 3.63) is 144 Å². The van der Waals surface area contributed by atoms with Crippen LogP contribution in [0.4, 0.5) is 0 Å². The molecule has 3 heteroatoms. The number of aromatic nitrogens is 2. The Balaban J connectivity index is 0.000000182. The molecule has 0 N–H and O–H groups in total. The van der Waals surface area contributed by atoms with E-state index in [4.69, 9.17) is 0 Å². The maximum Gasteiger partial charge on any atom is 0.0163 e. The summed E-state index contributed by atoms with van der Waals surface area (Å²) in [6.07, 6.45) is 3.73. The summed E-state index contributed by atoms with van der Waals surface area (Å²) in [5.74, 6) is 0. The van der Waals surface area contributed by atoms with Gasteiger partial charge in [0.05, 0.1) is 0 Å². The van der Waals surface area contributed by atoms with Crippen molar-refractivity contribution >= 4 is 10.8 Å². The van der Waals surface area contributed by atoms with Gasteiger partial charge in [-0.25, -0.2) is 0 Å². The van der Waals surface area contributed by atoms with Crippen LogP contribution < -0.4 is 0 Å². The molecule has 2 nitrogen and oxygen atoms in total. The molecule has 1 aliphatic carbocycles. The Kier molecular flexibility index (Phi) is 9.24. The van der Waals surface area contributed by atoms with Gasteiger partial charge in [-0.15, -0.1) is 64.7 Å². The average Bonchev–Trinajstić information content (AvgIpc) is 3.27. The number of nitrogens with zero attached hydrogens (tertiary/aromatic N) is 2. The maximum absolute atomic E-state index is 4.52. The quantitative estimate of drug-likeness (QED) is 0.164. The third-order valence-corrected chi connectivity index (χ3v) is 8.98. The van der Waals surface area contributed by atoms with E-state index < -0.39 is 0 Å². The monoisotopic (exact) mass is 779 g/mol. The van der Waals surface area contributed by atoms with Gasteiger partial charge in [0.25, 0.3) is 0 Å². The second kappa shape index (κ2) is 12.7. The third kappa shape index (κ3) is 6.50. The molecule has 6 aromatic rings. The van der Waals surface area contributed by atoms with Crippen LogP contribution in [0.25, 0.3) is 44.4 Å². The molecule has 0 saturated heterocycles. The summed E-state index contributed by atoms with van der Waals surface area (Å²) in [5, 5.41) is 2.65. The molecule has 0 bridgehead atoms. The van der Waals surface area contributed by atoms with E-state index in [2.05, 4.69) is 150 Å². The number of fused-ring (bicyclic) bond motifs is 5. The van der Waals surface area contributed by atoms with Crippen molar-refractivity contribution in [2.24, 2.45) is 0 Å². The molecule has 4 aromatic carbocycles. The van der Waals surface area contributed by atoms with Gasteiger partial charge in [0.1, 0.15) is 0 Å². The standard InChI is InChI=1S/C24H18N.C19H24N.Ir/c1-24(2)21-13-11-17(22-9-5-6-14-25-22)15-20(21)19-12-10-16-7-3-4-8-18(16)23(19)24;1-18(2,3)15-9-7-8-14(12-15)17-13-16(10-11-20-17)19(4,5)6;/h3-10,12-15H,1-2H3;7,9-13H,1-6H3;/q2*-1;. The summed E-state index contributed by atoms with van der Waals surface area (Å²) in [7, 11) is 0. The Morgan fingerprint density at radius 3 is 2.00 bits per heavy atom. The zero-order valence-corrected chi connectivity index (χ0v) is 30.5. The number of benzene rings is 4. The van der Waals surface area contributed by atoms with Gasteiger partial charge < -0.3 is 9.97 Å². The topological polar surface area (TPSA) is 25.8 Å². The number of hydrogen-bond acceptors (Lipinski definition) is 2. The molecule has 0 spiro atoms. The minimum atomic E-state index is -0.0231. The molecule has 0 aliphatic heterocycles. The van der Waals surface area contributed by atoms with E-state index in [1.807, 2.05) is 36.7 Å². The van der Waals surface area contributed by atoms with E-state index in [1.54, 1.807) is 0 Å². The van der Waals surface area contributed by atoms with E-state index >= 15 is 0 Å². The van der Waals surface area contributed by atoms with E-state index in [0.29, 0.717) is 0 Å². The van der Waals surface area contributed by atoms with Gasteiger partial charge in [-0.1, -0.05) is 116 Å². The molecule has 0 atom stereocenters. The number of pyridine rings is 2. The van der Waals surface area contributed by atoms with Crippen LogP contribution in [0.2, 0.25) is 0 Å². The van der Waals surface area contributed by atoms with Crippen molar-refractivity contribution in [3.63, 3.8) is 0 Å². The summed E-state index contributed by atoms with van der Waals surface area (Å²) in [4.78, 5) is 9.00.